The molecule has 2 aromatic heterocycles. The molecule has 1 atom stereocenters. The highest BCUT2D eigenvalue weighted by molar-refractivity contribution is 6.31. The van der Waals surface area contributed by atoms with Gasteiger partial charge in [0.1, 0.15) is 23.2 Å². The minimum atomic E-state index is -0.391. The van der Waals surface area contributed by atoms with Crippen LogP contribution in [0.25, 0.3) is 11.1 Å². The summed E-state index contributed by atoms with van der Waals surface area (Å²) in [5.41, 5.74) is 2.67. The van der Waals surface area contributed by atoms with E-state index in [1.807, 2.05) is 60.4 Å². The standard InChI is InChI=1S/C23H17ClFN5O/c1-14-12-19(16-6-2-3-7-17(16)24)27-22(30(14)21-8-4-5-11-26-21)29-23-28-18-10-9-15(25)13-20(18)31-23/h2-13,19H,1H3,(H,27,28,29). The molecule has 1 N–H and O–H groups in total. The predicted octanol–water partition coefficient (Wildman–Crippen LogP) is 5.95. The molecule has 3 heterocycles. The molecule has 6 nitrogen and oxygen atoms in total. The van der Waals surface area contributed by atoms with E-state index >= 15 is 0 Å². The normalized spacial score (nSPS) is 16.2. The number of pyridine rings is 1. The summed E-state index contributed by atoms with van der Waals surface area (Å²) in [7, 11) is 0. The highest BCUT2D eigenvalue weighted by Gasteiger charge is 2.26. The second-order valence-corrected chi connectivity index (χ2v) is 7.41. The molecular formula is C23H17ClFN5O. The number of benzene rings is 2. The van der Waals surface area contributed by atoms with E-state index in [2.05, 4.69) is 15.3 Å². The maximum absolute atomic E-state index is 13.5. The second-order valence-electron chi connectivity index (χ2n) is 7.01. The van der Waals surface area contributed by atoms with Crippen LogP contribution in [0.1, 0.15) is 18.5 Å². The second kappa shape index (κ2) is 7.85. The minimum absolute atomic E-state index is 0.202. The quantitative estimate of drug-likeness (QED) is 0.432. The number of hydrogen-bond donors (Lipinski definition) is 1. The molecule has 0 radical (unpaired) electrons. The van der Waals surface area contributed by atoms with E-state index in [4.69, 9.17) is 21.0 Å². The van der Waals surface area contributed by atoms with Crippen molar-refractivity contribution < 1.29 is 8.81 Å². The summed E-state index contributed by atoms with van der Waals surface area (Å²) >= 11 is 6.42. The monoisotopic (exact) mass is 433 g/mol. The first-order chi connectivity index (χ1) is 15.1. The van der Waals surface area contributed by atoms with Gasteiger partial charge in [-0.25, -0.2) is 14.4 Å². The molecule has 31 heavy (non-hydrogen) atoms. The van der Waals surface area contributed by atoms with Gasteiger partial charge < -0.3 is 4.42 Å². The predicted molar refractivity (Wildman–Crippen MR) is 120 cm³/mol. The van der Waals surface area contributed by atoms with Crippen LogP contribution in [0.15, 0.2) is 88.0 Å². The molecule has 2 aromatic carbocycles. The van der Waals surface area contributed by atoms with Crippen molar-refractivity contribution in [2.45, 2.75) is 13.0 Å². The van der Waals surface area contributed by atoms with Crippen molar-refractivity contribution in [1.82, 2.24) is 9.97 Å². The van der Waals surface area contributed by atoms with Crippen molar-refractivity contribution in [3.05, 3.63) is 95.0 Å². The first kappa shape index (κ1) is 19.3. The van der Waals surface area contributed by atoms with Gasteiger partial charge in [0.25, 0.3) is 0 Å². The number of fused-ring (bicyclic) bond motifs is 1. The maximum atomic E-state index is 13.5. The molecular weight excluding hydrogens is 417 g/mol. The van der Waals surface area contributed by atoms with Crippen molar-refractivity contribution in [3.63, 3.8) is 0 Å². The molecule has 154 valence electrons. The van der Waals surface area contributed by atoms with Gasteiger partial charge >= 0.3 is 6.01 Å². The molecule has 1 unspecified atom stereocenters. The lowest BCUT2D eigenvalue weighted by molar-refractivity contribution is 0.604. The minimum Gasteiger partial charge on any atom is -0.423 e. The average Bonchev–Trinajstić information content (AvgIpc) is 3.15. The Morgan fingerprint density at radius 2 is 1.94 bits per heavy atom. The Balaban J connectivity index is 1.58. The topological polar surface area (TPSA) is 66.6 Å². The lowest BCUT2D eigenvalue weighted by Gasteiger charge is -2.31. The highest BCUT2D eigenvalue weighted by Crippen LogP contribution is 2.33. The van der Waals surface area contributed by atoms with Gasteiger partial charge in [-0.2, -0.15) is 4.98 Å². The molecule has 4 aromatic rings. The fourth-order valence-electron chi connectivity index (χ4n) is 3.48. The summed E-state index contributed by atoms with van der Waals surface area (Å²) in [6.45, 7) is 1.97. The molecule has 0 bridgehead atoms. The molecule has 1 aliphatic heterocycles. The summed E-state index contributed by atoms with van der Waals surface area (Å²) in [5, 5.41) is 3.77. The Hall–Kier alpha value is -3.71. The third-order valence-electron chi connectivity index (χ3n) is 4.90. The Kier molecular flexibility index (Phi) is 4.88. The SMILES string of the molecule is CC1=CC(c2ccccc2Cl)N=C(Nc2nc3ccc(F)cc3o2)N1c1ccccn1. The largest absolute Gasteiger partial charge is 0.423 e. The van der Waals surface area contributed by atoms with Crippen molar-refractivity contribution in [2.75, 3.05) is 10.2 Å². The smallest absolute Gasteiger partial charge is 0.302 e. The summed E-state index contributed by atoms with van der Waals surface area (Å²) in [5.74, 6) is 0.760. The van der Waals surface area contributed by atoms with Crippen molar-refractivity contribution in [3.8, 4) is 0 Å². The lowest BCUT2D eigenvalue weighted by atomic mass is 10.0. The van der Waals surface area contributed by atoms with Crippen molar-refractivity contribution >= 4 is 40.5 Å². The molecule has 0 aliphatic carbocycles. The summed E-state index contributed by atoms with van der Waals surface area (Å²) in [6, 6.07) is 17.3. The van der Waals surface area contributed by atoms with Crippen LogP contribution >= 0.6 is 11.6 Å². The van der Waals surface area contributed by atoms with E-state index in [1.54, 1.807) is 12.3 Å². The fraction of sp³-hybridized carbons (Fsp3) is 0.0870. The van der Waals surface area contributed by atoms with Crippen LogP contribution in [0.2, 0.25) is 5.02 Å². The summed E-state index contributed by atoms with van der Waals surface area (Å²) < 4.78 is 19.2. The third-order valence-corrected chi connectivity index (χ3v) is 5.24. The molecule has 0 amide bonds. The van der Waals surface area contributed by atoms with Gasteiger partial charge in [-0.3, -0.25) is 10.2 Å². The third kappa shape index (κ3) is 3.75. The number of guanidine groups is 1. The number of anilines is 2. The lowest BCUT2D eigenvalue weighted by Crippen LogP contribution is -2.38. The molecule has 8 heteroatoms. The van der Waals surface area contributed by atoms with E-state index in [0.29, 0.717) is 27.9 Å². The number of nitrogens with zero attached hydrogens (tertiary/aromatic N) is 4. The van der Waals surface area contributed by atoms with Gasteiger partial charge in [-0.15, -0.1) is 0 Å². The zero-order valence-corrected chi connectivity index (χ0v) is 17.2. The van der Waals surface area contributed by atoms with E-state index in [9.17, 15) is 4.39 Å². The number of allylic oxidation sites excluding steroid dienone is 1. The average molecular weight is 434 g/mol. The van der Waals surface area contributed by atoms with Gasteiger partial charge in [0.2, 0.25) is 5.96 Å². The Labute approximate surface area is 182 Å². The molecule has 0 saturated carbocycles. The van der Waals surface area contributed by atoms with E-state index in [1.165, 1.54) is 12.1 Å². The summed E-state index contributed by atoms with van der Waals surface area (Å²) in [4.78, 5) is 15.6. The number of rotatable bonds is 3. The number of halogens is 2. The van der Waals surface area contributed by atoms with Crippen molar-refractivity contribution in [2.24, 2.45) is 4.99 Å². The van der Waals surface area contributed by atoms with Crippen LogP contribution in [-0.2, 0) is 0 Å². The van der Waals surface area contributed by atoms with Crippen LogP contribution < -0.4 is 10.2 Å². The number of nitrogens with one attached hydrogen (secondary N) is 1. The Morgan fingerprint density at radius 1 is 1.10 bits per heavy atom. The van der Waals surface area contributed by atoms with Crippen molar-refractivity contribution in [1.29, 1.82) is 0 Å². The number of aliphatic imine (C=N–C) groups is 1. The van der Waals surface area contributed by atoms with E-state index < -0.39 is 5.82 Å². The van der Waals surface area contributed by atoms with E-state index in [-0.39, 0.29) is 12.1 Å². The number of aromatic nitrogens is 2. The summed E-state index contributed by atoms with van der Waals surface area (Å²) in [6.07, 6.45) is 3.73. The van der Waals surface area contributed by atoms with Gasteiger partial charge in [0.15, 0.2) is 5.58 Å². The van der Waals surface area contributed by atoms with Crippen LogP contribution in [-0.4, -0.2) is 15.9 Å². The molecule has 0 fully saturated rings. The zero-order valence-electron chi connectivity index (χ0n) is 16.5. The van der Waals surface area contributed by atoms with Crippen LogP contribution in [0.5, 0.6) is 0 Å². The molecule has 0 spiro atoms. The number of oxazole rings is 1. The van der Waals surface area contributed by atoms with Crippen LogP contribution in [0.4, 0.5) is 16.2 Å². The van der Waals surface area contributed by atoms with Crippen LogP contribution in [0, 0.1) is 5.82 Å². The van der Waals surface area contributed by atoms with Gasteiger partial charge in [0.05, 0.1) is 0 Å². The Morgan fingerprint density at radius 3 is 2.74 bits per heavy atom. The zero-order chi connectivity index (χ0) is 21.4. The maximum Gasteiger partial charge on any atom is 0.302 e. The first-order valence-electron chi connectivity index (χ1n) is 9.63. The van der Waals surface area contributed by atoms with Crippen LogP contribution in [0.3, 0.4) is 0 Å². The van der Waals surface area contributed by atoms with Gasteiger partial charge in [-0.1, -0.05) is 35.9 Å². The molecule has 0 saturated heterocycles. The first-order valence-corrected chi connectivity index (χ1v) is 10.0. The fourth-order valence-corrected chi connectivity index (χ4v) is 3.73. The van der Waals surface area contributed by atoms with E-state index in [0.717, 1.165) is 11.3 Å². The Bertz CT molecular complexity index is 1320. The van der Waals surface area contributed by atoms with Gasteiger partial charge in [-0.05, 0) is 48.9 Å². The highest BCUT2D eigenvalue weighted by atomic mass is 35.5. The molecule has 1 aliphatic rings. The number of hydrogen-bond acceptors (Lipinski definition) is 6. The van der Waals surface area contributed by atoms with Gasteiger partial charge in [0, 0.05) is 23.0 Å². The molecule has 5 rings (SSSR count).